The Morgan fingerprint density at radius 2 is 1.81 bits per heavy atom. The van der Waals surface area contributed by atoms with E-state index >= 15 is 4.39 Å². The normalized spacial score (nSPS) is 36.9. The van der Waals surface area contributed by atoms with Gasteiger partial charge in [0.2, 0.25) is 0 Å². The minimum Gasteiger partial charge on any atom is -0.368 e. The third-order valence-corrected chi connectivity index (χ3v) is 12.8. The van der Waals surface area contributed by atoms with Gasteiger partial charge in [0.25, 0.3) is 5.91 Å². The number of piperazine rings is 1. The SMILES string of the molecule is CN1CCCC1CCNC1C(F)CC2C(=O)C(C(=O)N3CCN(c4ccccc4)CC3)=CN3C4CCCCC4SC1C23. The van der Waals surface area contributed by atoms with E-state index in [-0.39, 0.29) is 35.4 Å². The number of carbonyl (C=O) groups is 2. The zero-order valence-electron chi connectivity index (χ0n) is 24.9. The van der Waals surface area contributed by atoms with Gasteiger partial charge in [0, 0.05) is 66.6 Å². The number of para-hydroxylation sites is 1. The van der Waals surface area contributed by atoms with Gasteiger partial charge in [-0.05, 0) is 70.8 Å². The molecule has 42 heavy (non-hydrogen) atoms. The van der Waals surface area contributed by atoms with Crippen molar-refractivity contribution in [2.24, 2.45) is 5.92 Å². The van der Waals surface area contributed by atoms with E-state index in [1.54, 1.807) is 0 Å². The highest BCUT2D eigenvalue weighted by Gasteiger charge is 2.58. The summed E-state index contributed by atoms with van der Waals surface area (Å²) in [7, 11) is 2.20. The maximum atomic E-state index is 16.1. The second-order valence-corrected chi connectivity index (χ2v) is 14.8. The van der Waals surface area contributed by atoms with Crippen LogP contribution in [0.15, 0.2) is 42.1 Å². The van der Waals surface area contributed by atoms with Crippen LogP contribution in [0.2, 0.25) is 0 Å². The lowest BCUT2D eigenvalue weighted by molar-refractivity contribution is -0.134. The zero-order valence-corrected chi connectivity index (χ0v) is 25.7. The molecule has 1 aromatic rings. The summed E-state index contributed by atoms with van der Waals surface area (Å²) in [5, 5.41) is 4.10. The number of halogens is 1. The van der Waals surface area contributed by atoms with Crippen molar-refractivity contribution in [2.45, 2.75) is 92.2 Å². The number of rotatable bonds is 6. The lowest BCUT2D eigenvalue weighted by Crippen LogP contribution is -2.70. The molecule has 1 aromatic carbocycles. The molecule has 1 N–H and O–H groups in total. The molecule has 8 atom stereocenters. The van der Waals surface area contributed by atoms with Crippen molar-refractivity contribution in [3.63, 3.8) is 0 Å². The molecule has 3 saturated heterocycles. The Morgan fingerprint density at radius 3 is 2.57 bits per heavy atom. The number of Topliss-reactive ketones (excluding diaryl/α,β-unsaturated/α-hetero) is 1. The number of amides is 1. The van der Waals surface area contributed by atoms with Gasteiger partial charge in [-0.3, -0.25) is 9.59 Å². The number of anilines is 1. The van der Waals surface area contributed by atoms with Gasteiger partial charge in [0.05, 0.1) is 17.7 Å². The number of ketones is 1. The Labute approximate surface area is 254 Å². The van der Waals surface area contributed by atoms with Gasteiger partial charge in [-0.2, -0.15) is 0 Å². The molecule has 9 heteroatoms. The van der Waals surface area contributed by atoms with Crippen molar-refractivity contribution in [2.75, 3.05) is 51.2 Å². The van der Waals surface area contributed by atoms with Crippen molar-refractivity contribution >= 4 is 29.1 Å². The highest BCUT2D eigenvalue weighted by molar-refractivity contribution is 8.00. The maximum Gasteiger partial charge on any atom is 0.259 e. The highest BCUT2D eigenvalue weighted by atomic mass is 32.2. The second kappa shape index (κ2) is 12.1. The molecule has 0 radical (unpaired) electrons. The zero-order chi connectivity index (χ0) is 28.8. The fourth-order valence-corrected chi connectivity index (χ4v) is 10.8. The summed E-state index contributed by atoms with van der Waals surface area (Å²) in [5.74, 6) is -0.737. The van der Waals surface area contributed by atoms with Crippen LogP contribution in [0.4, 0.5) is 10.1 Å². The number of carbonyl (C=O) groups excluding carboxylic acids is 2. The standard InChI is InChI=1S/C33H46FN5O2S/c1-36-15-7-10-22(36)13-14-35-29-26(34)20-24-30-32(29)42-28-12-6-5-11-27(28)39(30)21-25(31(24)40)33(41)38-18-16-37(17-19-38)23-8-3-2-4-9-23/h2-4,8-9,21-22,24,26-30,32,35H,5-7,10-20H2,1H3. The summed E-state index contributed by atoms with van der Waals surface area (Å²) >= 11 is 1.95. The molecule has 7 nitrogen and oxygen atoms in total. The van der Waals surface area contributed by atoms with Crippen LogP contribution in [-0.4, -0.2) is 114 Å². The summed E-state index contributed by atoms with van der Waals surface area (Å²) < 4.78 is 16.1. The minimum atomic E-state index is -1.08. The van der Waals surface area contributed by atoms with Crippen LogP contribution in [0.1, 0.15) is 51.4 Å². The molecule has 4 aliphatic heterocycles. The number of hydrogen-bond donors (Lipinski definition) is 1. The molecule has 228 valence electrons. The summed E-state index contributed by atoms with van der Waals surface area (Å²) in [6.07, 6.45) is 9.16. The van der Waals surface area contributed by atoms with E-state index in [1.807, 2.05) is 41.1 Å². The van der Waals surface area contributed by atoms with Crippen LogP contribution < -0.4 is 10.2 Å². The van der Waals surface area contributed by atoms with E-state index in [4.69, 9.17) is 0 Å². The molecule has 0 bridgehead atoms. The smallest absolute Gasteiger partial charge is 0.259 e. The number of hydrogen-bond acceptors (Lipinski definition) is 7. The van der Waals surface area contributed by atoms with Crippen LogP contribution in [0, 0.1) is 5.92 Å². The van der Waals surface area contributed by atoms with E-state index in [9.17, 15) is 9.59 Å². The number of likely N-dealkylation sites (tertiary alicyclic amines) is 1. The van der Waals surface area contributed by atoms with E-state index in [1.165, 1.54) is 25.7 Å². The van der Waals surface area contributed by atoms with Crippen molar-refractivity contribution in [3.8, 4) is 0 Å². The molecular weight excluding hydrogens is 549 g/mol. The number of nitrogens with one attached hydrogen (secondary N) is 1. The number of nitrogens with zero attached hydrogens (tertiary/aromatic N) is 4. The summed E-state index contributed by atoms with van der Waals surface area (Å²) in [6, 6.07) is 10.9. The number of thioether (sulfide) groups is 1. The number of fused-ring (bicyclic) bond motifs is 2. The lowest BCUT2D eigenvalue weighted by Gasteiger charge is -2.59. The minimum absolute atomic E-state index is 0.0191. The molecule has 1 amide bonds. The predicted molar refractivity (Wildman–Crippen MR) is 166 cm³/mol. The van der Waals surface area contributed by atoms with Gasteiger partial charge in [-0.25, -0.2) is 4.39 Å². The van der Waals surface area contributed by atoms with Crippen molar-refractivity contribution < 1.29 is 14.0 Å². The van der Waals surface area contributed by atoms with Crippen molar-refractivity contribution in [3.05, 3.63) is 42.1 Å². The quantitative estimate of drug-likeness (QED) is 0.504. The molecule has 4 heterocycles. The number of alkyl halides is 1. The monoisotopic (exact) mass is 595 g/mol. The molecule has 8 unspecified atom stereocenters. The fourth-order valence-electron chi connectivity index (χ4n) is 8.72. The Morgan fingerprint density at radius 1 is 1.02 bits per heavy atom. The Balaban J connectivity index is 1.10. The first-order valence-corrected chi connectivity index (χ1v) is 17.3. The van der Waals surface area contributed by atoms with Gasteiger partial charge in [0.15, 0.2) is 5.78 Å². The average molecular weight is 596 g/mol. The molecule has 5 fully saturated rings. The first-order valence-electron chi connectivity index (χ1n) is 16.4. The molecule has 2 aliphatic carbocycles. The van der Waals surface area contributed by atoms with Gasteiger partial charge >= 0.3 is 0 Å². The fraction of sp³-hybridized carbons (Fsp3) is 0.697. The van der Waals surface area contributed by atoms with E-state index in [0.717, 1.165) is 51.1 Å². The first-order chi connectivity index (χ1) is 20.5. The number of benzene rings is 1. The molecule has 0 spiro atoms. The summed E-state index contributed by atoms with van der Waals surface area (Å²) in [5.41, 5.74) is 1.46. The van der Waals surface area contributed by atoms with Crippen LogP contribution in [-0.2, 0) is 9.59 Å². The largest absolute Gasteiger partial charge is 0.368 e. The topological polar surface area (TPSA) is 59.1 Å². The second-order valence-electron chi connectivity index (χ2n) is 13.4. The van der Waals surface area contributed by atoms with E-state index in [0.29, 0.717) is 36.0 Å². The molecule has 6 aliphatic rings. The lowest BCUT2D eigenvalue weighted by atomic mass is 9.72. The van der Waals surface area contributed by atoms with E-state index < -0.39 is 12.1 Å². The Bertz CT molecular complexity index is 1180. The third-order valence-electron chi connectivity index (χ3n) is 11.0. The Hall–Kier alpha value is -2.10. The van der Waals surface area contributed by atoms with Crippen molar-refractivity contribution in [1.29, 1.82) is 0 Å². The third kappa shape index (κ3) is 5.28. The van der Waals surface area contributed by atoms with Crippen molar-refractivity contribution in [1.82, 2.24) is 20.0 Å². The summed E-state index contributed by atoms with van der Waals surface area (Å²) in [6.45, 7) is 4.62. The predicted octanol–water partition coefficient (Wildman–Crippen LogP) is 3.70. The summed E-state index contributed by atoms with van der Waals surface area (Å²) in [4.78, 5) is 36.9. The van der Waals surface area contributed by atoms with E-state index in [2.05, 4.69) is 39.2 Å². The highest BCUT2D eigenvalue weighted by Crippen LogP contribution is 2.51. The van der Waals surface area contributed by atoms with Gasteiger partial charge in [-0.15, -0.1) is 11.8 Å². The maximum absolute atomic E-state index is 16.1. The van der Waals surface area contributed by atoms with Gasteiger partial charge in [0.1, 0.15) is 6.17 Å². The van der Waals surface area contributed by atoms with Crippen LogP contribution in [0.25, 0.3) is 0 Å². The molecular formula is C33H46FN5O2S. The first kappa shape index (κ1) is 28.7. The molecule has 7 rings (SSSR count). The molecule has 2 saturated carbocycles. The van der Waals surface area contributed by atoms with Crippen LogP contribution >= 0.6 is 11.8 Å². The van der Waals surface area contributed by atoms with Crippen LogP contribution in [0.3, 0.4) is 0 Å². The van der Waals surface area contributed by atoms with Crippen LogP contribution in [0.5, 0.6) is 0 Å². The van der Waals surface area contributed by atoms with Gasteiger partial charge in [-0.1, -0.05) is 31.0 Å². The molecule has 0 aromatic heterocycles. The van der Waals surface area contributed by atoms with Gasteiger partial charge < -0.3 is 24.9 Å². The Kier molecular flexibility index (Phi) is 8.27. The average Bonchev–Trinajstić information content (AvgIpc) is 3.44.